The van der Waals surface area contributed by atoms with Crippen LogP contribution in [0.4, 0.5) is 0 Å². The van der Waals surface area contributed by atoms with Gasteiger partial charge < -0.3 is 5.73 Å². The summed E-state index contributed by atoms with van der Waals surface area (Å²) in [5.41, 5.74) is 6.31. The molecular formula is C19H27NO2. The average Bonchev–Trinajstić information content (AvgIpc) is 2.79. The number of allylic oxidation sites excluding steroid dienone is 2. The van der Waals surface area contributed by atoms with Gasteiger partial charge in [-0.15, -0.1) is 0 Å². The molecule has 22 heavy (non-hydrogen) atoms. The third kappa shape index (κ3) is 1.66. The second-order valence-corrected chi connectivity index (χ2v) is 8.66. The molecule has 0 aromatic carbocycles. The molecule has 2 N–H and O–H groups in total. The number of fused-ring (bicyclic) bond motifs is 5. The first kappa shape index (κ1) is 14.6. The average molecular weight is 301 g/mol. The highest BCUT2D eigenvalue weighted by atomic mass is 16.1. The van der Waals surface area contributed by atoms with Crippen LogP contribution in [-0.2, 0) is 9.59 Å². The van der Waals surface area contributed by atoms with E-state index in [1.165, 1.54) is 0 Å². The topological polar surface area (TPSA) is 60.2 Å². The Morgan fingerprint density at radius 3 is 2.64 bits per heavy atom. The molecule has 0 aromatic rings. The van der Waals surface area contributed by atoms with Crippen LogP contribution in [-0.4, -0.2) is 17.6 Å². The van der Waals surface area contributed by atoms with Gasteiger partial charge in [0.05, 0.1) is 6.04 Å². The maximum Gasteiger partial charge on any atom is 0.161 e. The molecule has 2 unspecified atom stereocenters. The monoisotopic (exact) mass is 301 g/mol. The van der Waals surface area contributed by atoms with Crippen molar-refractivity contribution in [3.63, 3.8) is 0 Å². The van der Waals surface area contributed by atoms with Gasteiger partial charge in [0.2, 0.25) is 0 Å². The zero-order valence-electron chi connectivity index (χ0n) is 13.7. The summed E-state index contributed by atoms with van der Waals surface area (Å²) in [6, 6.07) is -0.256. The number of ketones is 2. The first-order chi connectivity index (χ1) is 10.4. The van der Waals surface area contributed by atoms with Crippen LogP contribution in [0, 0.1) is 34.5 Å². The molecule has 3 nitrogen and oxygen atoms in total. The van der Waals surface area contributed by atoms with Gasteiger partial charge in [-0.05, 0) is 67.3 Å². The summed E-state index contributed by atoms with van der Waals surface area (Å²) in [5, 5.41) is 0. The molecule has 4 aliphatic rings. The summed E-state index contributed by atoms with van der Waals surface area (Å²) >= 11 is 0. The van der Waals surface area contributed by atoms with E-state index in [1.54, 1.807) is 0 Å². The van der Waals surface area contributed by atoms with E-state index in [9.17, 15) is 9.59 Å². The Hall–Kier alpha value is -0.960. The highest BCUT2D eigenvalue weighted by Gasteiger charge is 2.60. The van der Waals surface area contributed by atoms with E-state index < -0.39 is 0 Å². The van der Waals surface area contributed by atoms with Crippen molar-refractivity contribution in [2.45, 2.75) is 58.4 Å². The molecule has 3 fully saturated rings. The van der Waals surface area contributed by atoms with Crippen molar-refractivity contribution in [2.24, 2.45) is 40.2 Å². The maximum atomic E-state index is 12.3. The van der Waals surface area contributed by atoms with Crippen molar-refractivity contribution < 1.29 is 9.59 Å². The summed E-state index contributed by atoms with van der Waals surface area (Å²) in [6.07, 6.45) is 9.97. The van der Waals surface area contributed by atoms with E-state index in [0.29, 0.717) is 35.9 Å². The lowest BCUT2D eigenvalue weighted by Gasteiger charge is -2.60. The van der Waals surface area contributed by atoms with Crippen molar-refractivity contribution in [1.29, 1.82) is 0 Å². The third-order valence-electron chi connectivity index (χ3n) is 7.93. The van der Waals surface area contributed by atoms with Gasteiger partial charge in [0.1, 0.15) is 5.78 Å². The summed E-state index contributed by atoms with van der Waals surface area (Å²) < 4.78 is 0. The number of nitrogens with two attached hydrogens (primary N) is 1. The van der Waals surface area contributed by atoms with E-state index in [0.717, 1.165) is 32.1 Å². The molecule has 7 atom stereocenters. The van der Waals surface area contributed by atoms with Crippen molar-refractivity contribution >= 4 is 11.6 Å². The Bertz CT molecular complexity index is 568. The summed E-state index contributed by atoms with van der Waals surface area (Å²) in [4.78, 5) is 24.4. The smallest absolute Gasteiger partial charge is 0.161 e. The molecule has 0 bridgehead atoms. The van der Waals surface area contributed by atoms with Crippen LogP contribution in [0.25, 0.3) is 0 Å². The maximum absolute atomic E-state index is 12.3. The fraction of sp³-hybridized carbons (Fsp3) is 0.789. The lowest BCUT2D eigenvalue weighted by molar-refractivity contribution is -0.144. The van der Waals surface area contributed by atoms with Gasteiger partial charge in [-0.2, -0.15) is 0 Å². The SMILES string of the molecule is C[C@]12CCC(=O)C(N)C1CC[C@@H]1[C@@H]2CC[C@]2(C)C(=O)C=C[C@@H]12. The van der Waals surface area contributed by atoms with Crippen LogP contribution in [0.1, 0.15) is 52.4 Å². The van der Waals surface area contributed by atoms with Gasteiger partial charge in [0, 0.05) is 11.8 Å². The predicted molar refractivity (Wildman–Crippen MR) is 85.0 cm³/mol. The molecular weight excluding hydrogens is 274 g/mol. The number of carbonyl (C=O) groups excluding carboxylic acids is 2. The number of rotatable bonds is 0. The van der Waals surface area contributed by atoms with E-state index in [1.807, 2.05) is 6.08 Å². The minimum atomic E-state index is -0.256. The molecule has 4 rings (SSSR count). The van der Waals surface area contributed by atoms with Gasteiger partial charge in [-0.3, -0.25) is 9.59 Å². The van der Waals surface area contributed by atoms with Crippen LogP contribution >= 0.6 is 0 Å². The summed E-state index contributed by atoms with van der Waals surface area (Å²) in [6.45, 7) is 4.55. The van der Waals surface area contributed by atoms with Crippen LogP contribution in [0.2, 0.25) is 0 Å². The van der Waals surface area contributed by atoms with Crippen molar-refractivity contribution in [3.05, 3.63) is 12.2 Å². The molecule has 0 heterocycles. The molecule has 120 valence electrons. The normalized spacial score (nSPS) is 53.9. The van der Waals surface area contributed by atoms with E-state index in [4.69, 9.17) is 5.73 Å². The molecule has 0 radical (unpaired) electrons. The lowest BCUT2D eigenvalue weighted by Crippen LogP contribution is -2.59. The minimum absolute atomic E-state index is 0.156. The molecule has 3 saturated carbocycles. The molecule has 3 heteroatoms. The second-order valence-electron chi connectivity index (χ2n) is 8.66. The van der Waals surface area contributed by atoms with E-state index >= 15 is 0 Å². The number of hydrogen-bond acceptors (Lipinski definition) is 3. The molecule has 0 aliphatic heterocycles. The van der Waals surface area contributed by atoms with E-state index in [2.05, 4.69) is 19.9 Å². The zero-order valence-corrected chi connectivity index (χ0v) is 13.7. The quantitative estimate of drug-likeness (QED) is 0.748. The number of hydrogen-bond donors (Lipinski definition) is 1. The van der Waals surface area contributed by atoms with E-state index in [-0.39, 0.29) is 22.7 Å². The molecule has 0 amide bonds. The van der Waals surface area contributed by atoms with Crippen molar-refractivity contribution in [2.75, 3.05) is 0 Å². The fourth-order valence-electron chi connectivity index (χ4n) is 6.50. The van der Waals surface area contributed by atoms with Gasteiger partial charge in [-0.25, -0.2) is 0 Å². The lowest BCUT2D eigenvalue weighted by atomic mass is 9.44. The standard InChI is InChI=1S/C19H27NO2/c1-18-10-8-15(21)17(20)14(18)4-3-11-12-5-6-16(22)19(12,2)9-7-13(11)18/h5-6,11-14,17H,3-4,7-10,20H2,1-2H3/t11-,12-,13-,14?,17?,18+,19-/m0/s1. The third-order valence-corrected chi connectivity index (χ3v) is 7.93. The Morgan fingerprint density at radius 1 is 1.09 bits per heavy atom. The summed E-state index contributed by atoms with van der Waals surface area (Å²) in [7, 11) is 0. The number of carbonyl (C=O) groups is 2. The zero-order chi connectivity index (χ0) is 15.7. The highest BCUT2D eigenvalue weighted by Crippen LogP contribution is 2.63. The van der Waals surface area contributed by atoms with Gasteiger partial charge in [0.25, 0.3) is 0 Å². The Labute approximate surface area is 132 Å². The fourth-order valence-corrected chi connectivity index (χ4v) is 6.50. The highest BCUT2D eigenvalue weighted by molar-refractivity contribution is 5.97. The van der Waals surface area contributed by atoms with Gasteiger partial charge in [-0.1, -0.05) is 19.9 Å². The summed E-state index contributed by atoms with van der Waals surface area (Å²) in [5.74, 6) is 2.57. The first-order valence-electron chi connectivity index (χ1n) is 8.89. The first-order valence-corrected chi connectivity index (χ1v) is 8.89. The predicted octanol–water partition coefficient (Wildman–Crippen LogP) is 2.88. The van der Waals surface area contributed by atoms with Crippen LogP contribution in [0.5, 0.6) is 0 Å². The van der Waals surface area contributed by atoms with Crippen molar-refractivity contribution in [1.82, 2.24) is 0 Å². The Kier molecular flexibility index (Phi) is 3.01. The Morgan fingerprint density at radius 2 is 1.86 bits per heavy atom. The van der Waals surface area contributed by atoms with Gasteiger partial charge in [0.15, 0.2) is 5.78 Å². The van der Waals surface area contributed by atoms with Crippen LogP contribution in [0.3, 0.4) is 0 Å². The second kappa shape index (κ2) is 4.53. The Balaban J connectivity index is 1.68. The molecule has 0 aromatic heterocycles. The molecule has 0 saturated heterocycles. The van der Waals surface area contributed by atoms with Crippen molar-refractivity contribution in [3.8, 4) is 0 Å². The van der Waals surface area contributed by atoms with Gasteiger partial charge >= 0.3 is 0 Å². The van der Waals surface area contributed by atoms with Crippen LogP contribution in [0.15, 0.2) is 12.2 Å². The molecule has 4 aliphatic carbocycles. The van der Waals surface area contributed by atoms with Crippen LogP contribution < -0.4 is 5.73 Å². The largest absolute Gasteiger partial charge is 0.321 e. The minimum Gasteiger partial charge on any atom is -0.321 e. The number of Topliss-reactive ketones (excluding diaryl/α,β-unsaturated/α-hetero) is 1. The molecule has 0 spiro atoms.